The van der Waals surface area contributed by atoms with Crippen LogP contribution >= 0.6 is 8.58 Å². The van der Waals surface area contributed by atoms with Gasteiger partial charge in [0.25, 0.3) is 0 Å². The van der Waals surface area contributed by atoms with Crippen LogP contribution in [0, 0.1) is 0 Å². The molecule has 0 heterocycles. The zero-order valence-corrected chi connectivity index (χ0v) is 9.42. The first-order valence-corrected chi connectivity index (χ1v) is 5.04. The van der Waals surface area contributed by atoms with E-state index in [0.717, 1.165) is 0 Å². The van der Waals surface area contributed by atoms with Gasteiger partial charge in [-0.3, -0.25) is 0 Å². The van der Waals surface area contributed by atoms with Gasteiger partial charge in [-0.2, -0.15) is 0 Å². The summed E-state index contributed by atoms with van der Waals surface area (Å²) < 4.78 is 0. The third kappa shape index (κ3) is 12.5. The molecule has 0 nitrogen and oxygen atoms in total. The second-order valence-electron chi connectivity index (χ2n) is 2.06. The zero-order valence-electron chi connectivity index (χ0n) is 6.61. The summed E-state index contributed by atoms with van der Waals surface area (Å²) in [7, 11) is 1.22. The largest absolute Gasteiger partial charge is 0.122 e. The summed E-state index contributed by atoms with van der Waals surface area (Å²) in [5, 5.41) is 0. The molecule has 0 aromatic heterocycles. The molecular weight excluding hydrogens is 160 g/mol. The summed E-state index contributed by atoms with van der Waals surface area (Å²) >= 11 is 0. The van der Waals surface area contributed by atoms with Crippen molar-refractivity contribution in [1.29, 1.82) is 0 Å². The molecule has 0 N–H and O–H groups in total. The van der Waals surface area contributed by atoms with E-state index in [4.69, 9.17) is 0 Å². The van der Waals surface area contributed by atoms with Crippen LogP contribution in [0.15, 0.2) is 0 Å². The second-order valence-corrected chi connectivity index (χ2v) is 3.77. The first-order chi connectivity index (χ1) is 3.91. The maximum Gasteiger partial charge on any atom is 0 e. The number of rotatable bonds is 5. The number of hydrogen-bond donors (Lipinski definition) is 0. The van der Waals surface area contributed by atoms with Gasteiger partial charge in [0.05, 0.1) is 0 Å². The van der Waals surface area contributed by atoms with E-state index in [1.807, 2.05) is 0 Å². The normalized spacial score (nSPS) is 10.0. The van der Waals surface area contributed by atoms with Crippen molar-refractivity contribution in [2.24, 2.45) is 0 Å². The molecule has 0 spiro atoms. The topological polar surface area (TPSA) is 0 Å². The smallest absolute Gasteiger partial charge is 0 e. The van der Waals surface area contributed by atoms with Crippen molar-refractivity contribution in [1.82, 2.24) is 0 Å². The van der Waals surface area contributed by atoms with E-state index in [0.29, 0.717) is 0 Å². The Labute approximate surface area is 79.8 Å². The molecule has 0 saturated carbocycles. The Balaban J connectivity index is 0. The fraction of sp³-hybridized carbons (Fsp3) is 1.00. The van der Waals surface area contributed by atoms with Crippen LogP contribution in [-0.2, 0) is 25.8 Å². The maximum absolute atomic E-state index is 2.27. The van der Waals surface area contributed by atoms with Crippen molar-refractivity contribution in [3.05, 3.63) is 0 Å². The molecule has 1 unspecified atom stereocenters. The van der Waals surface area contributed by atoms with Crippen molar-refractivity contribution >= 4 is 8.58 Å². The third-order valence-corrected chi connectivity index (χ3v) is 2.41. The molecule has 0 amide bonds. The van der Waals surface area contributed by atoms with Crippen molar-refractivity contribution in [3.8, 4) is 0 Å². The van der Waals surface area contributed by atoms with Crippen molar-refractivity contribution in [2.75, 3.05) is 12.3 Å². The first kappa shape index (κ1) is 12.9. The predicted octanol–water partition coefficient (Wildman–Crippen LogP) is 2.87. The van der Waals surface area contributed by atoms with Crippen LogP contribution < -0.4 is 0 Å². The van der Waals surface area contributed by atoms with Crippen LogP contribution in [0.5, 0.6) is 0 Å². The summed E-state index contributed by atoms with van der Waals surface area (Å²) in [5.41, 5.74) is 0. The van der Waals surface area contributed by atoms with Crippen LogP contribution in [0.25, 0.3) is 0 Å². The van der Waals surface area contributed by atoms with Gasteiger partial charge < -0.3 is 0 Å². The van der Waals surface area contributed by atoms with Crippen molar-refractivity contribution < 1.29 is 25.8 Å². The summed E-state index contributed by atoms with van der Waals surface area (Å²) in [4.78, 5) is 0. The molecule has 0 rings (SSSR count). The molecule has 0 aromatic rings. The van der Waals surface area contributed by atoms with Gasteiger partial charge in [-0.05, 0) is 18.7 Å². The summed E-state index contributed by atoms with van der Waals surface area (Å²) in [6.45, 7) is 4.53. The quantitative estimate of drug-likeness (QED) is 0.447. The van der Waals surface area contributed by atoms with Crippen LogP contribution in [0.2, 0.25) is 0 Å². The minimum Gasteiger partial charge on any atom is -0.122 e. The minimum atomic E-state index is 0. The maximum atomic E-state index is 2.27. The molecule has 53 valence electrons. The number of hydrogen-bond acceptors (Lipinski definition) is 0. The van der Waals surface area contributed by atoms with E-state index in [-0.39, 0.29) is 25.8 Å². The van der Waals surface area contributed by atoms with Gasteiger partial charge in [-0.15, -0.1) is 8.58 Å². The Morgan fingerprint density at radius 1 is 1.11 bits per heavy atom. The van der Waals surface area contributed by atoms with Gasteiger partial charge in [0, 0.05) is 25.8 Å². The molecule has 0 bridgehead atoms. The summed E-state index contributed by atoms with van der Waals surface area (Å²) in [6.07, 6.45) is 7.14. The van der Waals surface area contributed by atoms with E-state index in [2.05, 4.69) is 13.8 Å². The van der Waals surface area contributed by atoms with E-state index in [1.54, 1.807) is 0 Å². The molecule has 0 aliphatic carbocycles. The first-order valence-electron chi connectivity index (χ1n) is 3.62. The minimum absolute atomic E-state index is 0. The van der Waals surface area contributed by atoms with Crippen LogP contribution in [-0.4, -0.2) is 12.3 Å². The molecule has 0 aliphatic rings. The van der Waals surface area contributed by atoms with Crippen LogP contribution in [0.3, 0.4) is 0 Å². The number of unbranched alkanes of at least 4 members (excludes halogenated alkanes) is 2. The standard InChI is InChI=1S/C7H17P.Sc/c1-3-5-6-7-8-4-2;/h8H,3-7H2,1-2H3;. The third-order valence-electron chi connectivity index (χ3n) is 1.21. The molecule has 1 atom stereocenters. The van der Waals surface area contributed by atoms with Gasteiger partial charge in [-0.1, -0.05) is 26.7 Å². The van der Waals surface area contributed by atoms with Gasteiger partial charge in [0.15, 0.2) is 0 Å². The van der Waals surface area contributed by atoms with E-state index < -0.39 is 0 Å². The Bertz CT molecular complexity index is 33.9. The summed E-state index contributed by atoms with van der Waals surface area (Å²) in [6, 6.07) is 0. The molecule has 0 fully saturated rings. The molecule has 0 aliphatic heterocycles. The van der Waals surface area contributed by atoms with Gasteiger partial charge >= 0.3 is 0 Å². The average molecular weight is 177 g/mol. The van der Waals surface area contributed by atoms with Gasteiger partial charge in [0.1, 0.15) is 0 Å². The van der Waals surface area contributed by atoms with E-state index in [1.165, 1.54) is 40.2 Å². The molecule has 2 heteroatoms. The Morgan fingerprint density at radius 2 is 1.78 bits per heavy atom. The average Bonchev–Trinajstić information content (AvgIpc) is 1.81. The Kier molecular flexibility index (Phi) is 17.3. The monoisotopic (exact) mass is 177 g/mol. The van der Waals surface area contributed by atoms with Crippen molar-refractivity contribution in [2.45, 2.75) is 33.1 Å². The van der Waals surface area contributed by atoms with Gasteiger partial charge in [0.2, 0.25) is 0 Å². The predicted molar refractivity (Wildman–Crippen MR) is 43.2 cm³/mol. The zero-order chi connectivity index (χ0) is 6.24. The SMILES string of the molecule is CCCCCPCC.[Sc]. The van der Waals surface area contributed by atoms with E-state index in [9.17, 15) is 0 Å². The van der Waals surface area contributed by atoms with Crippen LogP contribution in [0.1, 0.15) is 33.1 Å². The Hall–Kier alpha value is 1.30. The molecule has 0 saturated heterocycles. The molecular formula is C7H17PSc. The van der Waals surface area contributed by atoms with Crippen molar-refractivity contribution in [3.63, 3.8) is 0 Å². The van der Waals surface area contributed by atoms with Gasteiger partial charge in [-0.25, -0.2) is 0 Å². The van der Waals surface area contributed by atoms with Crippen LogP contribution in [0.4, 0.5) is 0 Å². The van der Waals surface area contributed by atoms with E-state index >= 15 is 0 Å². The molecule has 0 aromatic carbocycles. The molecule has 1 radical (unpaired) electrons. The molecule has 9 heavy (non-hydrogen) atoms. The Morgan fingerprint density at radius 3 is 2.22 bits per heavy atom. The fourth-order valence-electron chi connectivity index (χ4n) is 0.677. The second kappa shape index (κ2) is 12.0. The summed E-state index contributed by atoms with van der Waals surface area (Å²) in [5.74, 6) is 0. The fourth-order valence-corrected chi connectivity index (χ4v) is 1.53.